The van der Waals surface area contributed by atoms with E-state index >= 15 is 0 Å². The van der Waals surface area contributed by atoms with E-state index in [9.17, 15) is 0 Å². The van der Waals surface area contributed by atoms with Crippen LogP contribution in [0.2, 0.25) is 0 Å². The molecule has 27 heavy (non-hydrogen) atoms. The van der Waals surface area contributed by atoms with Crippen molar-refractivity contribution < 1.29 is 9.68 Å². The summed E-state index contributed by atoms with van der Waals surface area (Å²) in [6.07, 6.45) is 0. The van der Waals surface area contributed by atoms with Crippen LogP contribution in [-0.4, -0.2) is 22.7 Å². The van der Waals surface area contributed by atoms with E-state index in [-0.39, 0.29) is 7.69 Å². The van der Waals surface area contributed by atoms with Gasteiger partial charge in [-0.2, -0.15) is 0 Å². The summed E-state index contributed by atoms with van der Waals surface area (Å²) in [5, 5.41) is 9.01. The van der Waals surface area contributed by atoms with E-state index in [0.717, 1.165) is 28.1 Å². The Labute approximate surface area is 158 Å². The van der Waals surface area contributed by atoms with Gasteiger partial charge in [0.1, 0.15) is 5.75 Å². The standard InChI is InChI=1S/C22H17BN2O2/c26-23-27-19-13-7-12-18(14-19)22-24-20(16-8-3-1-4-9-16)15-21(25-22)17-10-5-2-6-11-17/h1-15,23,26H. The number of aromatic nitrogens is 2. The van der Waals surface area contributed by atoms with Gasteiger partial charge < -0.3 is 9.68 Å². The van der Waals surface area contributed by atoms with Crippen LogP contribution in [0, 0.1) is 0 Å². The van der Waals surface area contributed by atoms with E-state index in [0.29, 0.717) is 11.6 Å². The normalized spacial score (nSPS) is 10.4. The average Bonchev–Trinajstić information content (AvgIpc) is 2.75. The molecule has 4 nitrogen and oxygen atoms in total. The third kappa shape index (κ3) is 3.88. The van der Waals surface area contributed by atoms with Crippen LogP contribution in [0.5, 0.6) is 5.75 Å². The molecule has 3 aromatic carbocycles. The molecule has 0 radical (unpaired) electrons. The van der Waals surface area contributed by atoms with Gasteiger partial charge in [0, 0.05) is 16.7 Å². The molecule has 0 amide bonds. The van der Waals surface area contributed by atoms with Crippen LogP contribution in [0.25, 0.3) is 33.9 Å². The van der Waals surface area contributed by atoms with Crippen molar-refractivity contribution in [3.63, 3.8) is 0 Å². The van der Waals surface area contributed by atoms with Gasteiger partial charge in [-0.15, -0.1) is 0 Å². The lowest BCUT2D eigenvalue weighted by Crippen LogP contribution is -2.00. The Morgan fingerprint density at radius 3 is 1.74 bits per heavy atom. The molecule has 0 bridgehead atoms. The number of hydrogen-bond donors (Lipinski definition) is 1. The lowest BCUT2D eigenvalue weighted by Gasteiger charge is -2.10. The third-order valence-corrected chi connectivity index (χ3v) is 4.19. The Bertz CT molecular complexity index is 983. The zero-order valence-electron chi connectivity index (χ0n) is 14.6. The minimum Gasteiger partial charge on any atom is -0.539 e. The zero-order valence-corrected chi connectivity index (χ0v) is 14.6. The Kier molecular flexibility index (Phi) is 4.94. The van der Waals surface area contributed by atoms with Crippen LogP contribution in [-0.2, 0) is 0 Å². The fourth-order valence-corrected chi connectivity index (χ4v) is 2.89. The molecule has 1 aromatic heterocycles. The largest absolute Gasteiger partial charge is 0.539 e. The summed E-state index contributed by atoms with van der Waals surface area (Å²) in [4.78, 5) is 9.54. The van der Waals surface area contributed by atoms with Gasteiger partial charge >= 0.3 is 7.69 Å². The molecule has 0 unspecified atom stereocenters. The second kappa shape index (κ2) is 7.85. The van der Waals surface area contributed by atoms with Crippen molar-refractivity contribution in [3.8, 4) is 39.7 Å². The van der Waals surface area contributed by atoms with E-state index in [1.165, 1.54) is 0 Å². The first-order valence-corrected chi connectivity index (χ1v) is 8.67. The van der Waals surface area contributed by atoms with Gasteiger partial charge in [0.05, 0.1) is 11.4 Å². The second-order valence-electron chi connectivity index (χ2n) is 6.00. The number of hydrogen-bond acceptors (Lipinski definition) is 4. The Morgan fingerprint density at radius 1 is 0.630 bits per heavy atom. The molecule has 5 heteroatoms. The van der Waals surface area contributed by atoms with Crippen LogP contribution >= 0.6 is 0 Å². The minimum atomic E-state index is -0.371. The molecule has 0 aliphatic rings. The quantitative estimate of drug-likeness (QED) is 0.549. The molecule has 4 rings (SSSR count). The van der Waals surface area contributed by atoms with E-state index in [4.69, 9.17) is 19.6 Å². The molecule has 0 aliphatic heterocycles. The lowest BCUT2D eigenvalue weighted by atomic mass is 10.1. The maximum Gasteiger partial charge on any atom is 0.504 e. The van der Waals surface area contributed by atoms with Crippen LogP contribution in [0.15, 0.2) is 91.0 Å². The number of nitrogens with zero attached hydrogens (tertiary/aromatic N) is 2. The summed E-state index contributed by atoms with van der Waals surface area (Å²) in [5.74, 6) is 1.18. The minimum absolute atomic E-state index is 0.371. The van der Waals surface area contributed by atoms with Gasteiger partial charge in [-0.1, -0.05) is 72.8 Å². The highest BCUT2D eigenvalue weighted by atomic mass is 16.5. The highest BCUT2D eigenvalue weighted by Gasteiger charge is 2.11. The highest BCUT2D eigenvalue weighted by molar-refractivity contribution is 6.17. The summed E-state index contributed by atoms with van der Waals surface area (Å²) in [7, 11) is -0.371. The van der Waals surface area contributed by atoms with E-state index in [1.807, 2.05) is 84.9 Å². The van der Waals surface area contributed by atoms with Gasteiger partial charge in [0.25, 0.3) is 0 Å². The van der Waals surface area contributed by atoms with Gasteiger partial charge in [-0.05, 0) is 18.2 Å². The third-order valence-electron chi connectivity index (χ3n) is 4.19. The second-order valence-corrected chi connectivity index (χ2v) is 6.00. The Balaban J connectivity index is 1.87. The lowest BCUT2D eigenvalue weighted by molar-refractivity contribution is 0.454. The van der Waals surface area contributed by atoms with Crippen molar-refractivity contribution in [2.45, 2.75) is 0 Å². The molecular weight excluding hydrogens is 335 g/mol. The maximum absolute atomic E-state index is 9.01. The first-order chi connectivity index (χ1) is 13.3. The summed E-state index contributed by atoms with van der Waals surface area (Å²) >= 11 is 0. The van der Waals surface area contributed by atoms with Crippen molar-refractivity contribution in [1.82, 2.24) is 9.97 Å². The van der Waals surface area contributed by atoms with E-state index in [1.54, 1.807) is 6.07 Å². The molecule has 0 fully saturated rings. The smallest absolute Gasteiger partial charge is 0.504 e. The maximum atomic E-state index is 9.01. The zero-order chi connectivity index (χ0) is 18.5. The van der Waals surface area contributed by atoms with Crippen molar-refractivity contribution in [2.24, 2.45) is 0 Å². The van der Waals surface area contributed by atoms with Gasteiger partial charge in [0.15, 0.2) is 5.82 Å². The number of rotatable bonds is 5. The Hall–Kier alpha value is -3.44. The van der Waals surface area contributed by atoms with Crippen LogP contribution in [0.1, 0.15) is 0 Å². The van der Waals surface area contributed by atoms with Gasteiger partial charge in [-0.25, -0.2) is 9.97 Å². The molecule has 0 saturated heterocycles. The van der Waals surface area contributed by atoms with Crippen LogP contribution < -0.4 is 4.65 Å². The first kappa shape index (κ1) is 17.0. The summed E-state index contributed by atoms with van der Waals surface area (Å²) in [6.45, 7) is 0. The molecule has 1 heterocycles. The predicted molar refractivity (Wildman–Crippen MR) is 108 cm³/mol. The molecule has 0 saturated carbocycles. The molecule has 4 aromatic rings. The topological polar surface area (TPSA) is 55.2 Å². The summed E-state index contributed by atoms with van der Waals surface area (Å²) in [5.41, 5.74) is 4.60. The van der Waals surface area contributed by atoms with Crippen LogP contribution in [0.3, 0.4) is 0 Å². The molecule has 1 N–H and O–H groups in total. The van der Waals surface area contributed by atoms with Crippen LogP contribution in [0.4, 0.5) is 0 Å². The van der Waals surface area contributed by atoms with Gasteiger partial charge in [-0.3, -0.25) is 0 Å². The van der Waals surface area contributed by atoms with Crippen molar-refractivity contribution in [3.05, 3.63) is 91.0 Å². The average molecular weight is 352 g/mol. The van der Waals surface area contributed by atoms with Gasteiger partial charge in [0.2, 0.25) is 0 Å². The van der Waals surface area contributed by atoms with E-state index < -0.39 is 0 Å². The fraction of sp³-hybridized carbons (Fsp3) is 0. The SMILES string of the molecule is OBOc1cccc(-c2nc(-c3ccccc3)cc(-c3ccccc3)n2)c1. The summed E-state index contributed by atoms with van der Waals surface area (Å²) < 4.78 is 5.20. The number of benzene rings is 3. The van der Waals surface area contributed by atoms with Crippen molar-refractivity contribution >= 4 is 7.69 Å². The van der Waals surface area contributed by atoms with E-state index in [2.05, 4.69) is 0 Å². The van der Waals surface area contributed by atoms with Crippen molar-refractivity contribution in [1.29, 1.82) is 0 Å². The molecule has 0 aliphatic carbocycles. The predicted octanol–water partition coefficient (Wildman–Crippen LogP) is 4.12. The molecule has 0 atom stereocenters. The van der Waals surface area contributed by atoms with Crippen molar-refractivity contribution in [2.75, 3.05) is 0 Å². The highest BCUT2D eigenvalue weighted by Crippen LogP contribution is 2.28. The monoisotopic (exact) mass is 352 g/mol. The molecule has 130 valence electrons. The summed E-state index contributed by atoms with van der Waals surface area (Å²) in [6, 6.07) is 29.5. The Morgan fingerprint density at radius 2 is 1.19 bits per heavy atom. The fourth-order valence-electron chi connectivity index (χ4n) is 2.89. The molecule has 0 spiro atoms. The first-order valence-electron chi connectivity index (χ1n) is 8.67. The molecular formula is C22H17BN2O2.